The summed E-state index contributed by atoms with van der Waals surface area (Å²) in [7, 11) is 1.55. The summed E-state index contributed by atoms with van der Waals surface area (Å²) in [6.07, 6.45) is 43.1. The van der Waals surface area contributed by atoms with Crippen molar-refractivity contribution in [3.63, 3.8) is 0 Å². The van der Waals surface area contributed by atoms with Crippen LogP contribution in [0.3, 0.4) is 0 Å². The molecule has 0 radical (unpaired) electrons. The van der Waals surface area contributed by atoms with Crippen molar-refractivity contribution in [3.05, 3.63) is 174 Å². The zero-order valence-corrected chi connectivity index (χ0v) is 79.6. The maximum atomic E-state index is 12.8. The number of carbonyl (C=O) groups is 11. The number of benzene rings is 5. The van der Waals surface area contributed by atoms with Crippen molar-refractivity contribution in [1.82, 2.24) is 5.32 Å². The van der Waals surface area contributed by atoms with Gasteiger partial charge in [-0.1, -0.05) is 305 Å². The number of anilines is 3. The molecule has 0 saturated heterocycles. The van der Waals surface area contributed by atoms with Crippen LogP contribution in [-0.2, 0) is 43.0 Å². The molecule has 688 valence electrons. The fraction of sp³-hybridized carbons (Fsp3) is 0.563. The Morgan fingerprint density at radius 3 is 1.40 bits per heavy atom. The molecule has 5 aromatic carbocycles. The second kappa shape index (κ2) is 65.2. The Labute approximate surface area is 766 Å². The van der Waals surface area contributed by atoms with Crippen LogP contribution >= 0.6 is 46.1 Å². The summed E-state index contributed by atoms with van der Waals surface area (Å²) in [5.74, 6) is -4.35. The van der Waals surface area contributed by atoms with Crippen LogP contribution in [0.4, 0.5) is 17.1 Å². The topological polar surface area (TPSA) is 264 Å². The van der Waals surface area contributed by atoms with Crippen molar-refractivity contribution in [2.75, 3.05) is 42.8 Å². The molecule has 4 amide bonds. The summed E-state index contributed by atoms with van der Waals surface area (Å²) < 4.78 is 15.7. The number of thiophene rings is 1. The molecule has 18 nitrogen and oxygen atoms in total. The van der Waals surface area contributed by atoms with E-state index in [1.807, 2.05) is 45.0 Å². The first-order chi connectivity index (χ1) is 60.3. The second-order valence-electron chi connectivity index (χ2n) is 33.3. The van der Waals surface area contributed by atoms with Crippen molar-refractivity contribution >= 4 is 128 Å². The molecule has 125 heavy (non-hydrogen) atoms. The molecular weight excluding hydrogens is 1660 g/mol. The Morgan fingerprint density at radius 1 is 0.448 bits per heavy atom. The first kappa shape index (κ1) is 109. The quantitative estimate of drug-likeness (QED) is 0.0120. The van der Waals surface area contributed by atoms with Crippen LogP contribution in [-0.4, -0.2) is 91.4 Å². The Balaban J connectivity index is 0.000000332. The second-order valence-corrected chi connectivity index (χ2v) is 35.4. The minimum Gasteiger partial charge on any atom is -0.497 e. The lowest BCUT2D eigenvalue weighted by molar-refractivity contribution is -0.153. The molecule has 4 N–H and O–H groups in total. The van der Waals surface area contributed by atoms with E-state index in [9.17, 15) is 52.7 Å². The number of esters is 2. The normalized spacial score (nSPS) is 14.7. The van der Waals surface area contributed by atoms with Gasteiger partial charge in [-0.15, -0.1) is 11.3 Å². The van der Waals surface area contributed by atoms with Crippen LogP contribution in [0, 0.1) is 49.4 Å². The average molecular weight is 1800 g/mol. The number of methoxy groups -OCH3 is 1. The molecule has 2 saturated carbocycles. The van der Waals surface area contributed by atoms with Crippen LogP contribution in [0.2, 0.25) is 15.1 Å². The van der Waals surface area contributed by atoms with E-state index in [1.165, 1.54) is 159 Å². The highest BCUT2D eigenvalue weighted by molar-refractivity contribution is 7.12. The SMILES string of the molecule is CCCCC(C(=O)Nc1cc(C)ccc1Cl)C(=O)c1ccccc1.CCCCCCCCCCCCNC(=O)C1CCC(C)CC1=O.CCCCCCCCCCCCOC(=O)c1ccc(Cl)c(NC(=O)C(CC)C(=O)c2cccs2)c1.CCCCCCCCCCOC(=O)C1CCCCC1=O.COc1ccc(C(=O)C(C)C(=O)Nc2cc(C)ccc2Cl)cc1. The number of aryl methyl sites for hydroxylation is 2. The maximum absolute atomic E-state index is 12.8. The number of unbranched alkanes of at least 4 members (excludes halogenated alkanes) is 26. The number of hydrogen-bond acceptors (Lipinski definition) is 15. The number of rotatable bonds is 51. The molecule has 1 heterocycles. The Hall–Kier alpha value is -8.36. The summed E-state index contributed by atoms with van der Waals surface area (Å²) in [5, 5.41) is 14.2. The van der Waals surface area contributed by atoms with Crippen molar-refractivity contribution in [2.24, 2.45) is 35.5 Å². The van der Waals surface area contributed by atoms with E-state index in [4.69, 9.17) is 49.0 Å². The Morgan fingerprint density at radius 2 is 0.912 bits per heavy atom. The van der Waals surface area contributed by atoms with Crippen LogP contribution in [0.25, 0.3) is 0 Å². The molecule has 6 aromatic rings. The van der Waals surface area contributed by atoms with Gasteiger partial charge in [-0.05, 0) is 174 Å². The number of ether oxygens (including phenoxy) is 3. The van der Waals surface area contributed by atoms with Gasteiger partial charge in [0, 0.05) is 30.5 Å². The van der Waals surface area contributed by atoms with E-state index in [0.29, 0.717) is 111 Å². The number of Topliss-reactive ketones (excluding diaryl/α,β-unsaturated/α-hetero) is 5. The van der Waals surface area contributed by atoms with Crippen LogP contribution in [0.1, 0.15) is 351 Å². The molecule has 0 aliphatic heterocycles. The zero-order chi connectivity index (χ0) is 91.5. The highest BCUT2D eigenvalue weighted by Crippen LogP contribution is 2.31. The van der Waals surface area contributed by atoms with E-state index >= 15 is 0 Å². The third kappa shape index (κ3) is 43.8. The zero-order valence-electron chi connectivity index (χ0n) is 76.5. The smallest absolute Gasteiger partial charge is 0.338 e. The largest absolute Gasteiger partial charge is 0.497 e. The van der Waals surface area contributed by atoms with Gasteiger partial charge in [-0.3, -0.25) is 47.9 Å². The number of amides is 4. The van der Waals surface area contributed by atoms with Gasteiger partial charge in [0.1, 0.15) is 35.1 Å². The summed E-state index contributed by atoms with van der Waals surface area (Å²) in [6, 6.07) is 34.5. The Bertz CT molecular complexity index is 4180. The highest BCUT2D eigenvalue weighted by Gasteiger charge is 2.34. The van der Waals surface area contributed by atoms with Gasteiger partial charge in [0.15, 0.2) is 17.3 Å². The fourth-order valence-electron chi connectivity index (χ4n) is 14.7. The summed E-state index contributed by atoms with van der Waals surface area (Å²) in [6.45, 7) is 19.6. The molecule has 22 heteroatoms. The Kier molecular flexibility index (Phi) is 56.9. The number of nitrogens with one attached hydrogen (secondary N) is 4. The van der Waals surface area contributed by atoms with E-state index in [2.05, 4.69) is 49.0 Å². The lowest BCUT2D eigenvalue weighted by Gasteiger charge is -2.24. The van der Waals surface area contributed by atoms with Gasteiger partial charge in [-0.2, -0.15) is 0 Å². The highest BCUT2D eigenvalue weighted by atomic mass is 35.5. The molecule has 8 rings (SSSR count). The van der Waals surface area contributed by atoms with Crippen LogP contribution in [0.5, 0.6) is 5.75 Å². The third-order valence-electron chi connectivity index (χ3n) is 22.6. The summed E-state index contributed by atoms with van der Waals surface area (Å²) >= 11 is 19.8. The van der Waals surface area contributed by atoms with Crippen LogP contribution in [0.15, 0.2) is 127 Å². The standard InChI is InChI=1S/C28H38ClNO4S.C20H22ClNO2.C20H37NO2.C18H18ClNO3.C17H30O3/c1-3-5-6-7-8-9-10-11-12-13-18-34-28(33)21-16-17-23(29)24(20-21)30-27(32)22(4-2)26(31)25-15-14-19-35-25;1-3-4-10-16(19(23)15-8-6-5-7-9-15)20(24)22-18-13-14(2)11-12-17(18)21;1-3-4-5-6-7-8-9-10-11-12-15-21-20(23)18-14-13-17(2)16-19(18)22;1-11-4-9-15(19)16(10-11)20-18(22)12(2)17(21)13-5-7-14(23-3)8-6-13;1-2-3-4-5-6-7-8-11-14-20-17(19)15-12-9-10-13-16(15)18/h14-17,19-20,22H,3-13,18H2,1-2H3,(H,30,32);5-9,11-13,16H,3-4,10H2,1-2H3,(H,22,24);17-18H,3-16H2,1-2H3,(H,21,23);4-10,12H,1-3H3,(H,20,22);15H,2-14H2,1H3. The number of hydrogen-bond donors (Lipinski definition) is 4. The average Bonchev–Trinajstić information content (AvgIpc) is 1.79. The molecule has 1 aromatic heterocycles. The van der Waals surface area contributed by atoms with Crippen molar-refractivity contribution < 1.29 is 67.0 Å². The van der Waals surface area contributed by atoms with Gasteiger partial charge in [-0.25, -0.2) is 4.79 Å². The predicted molar refractivity (Wildman–Crippen MR) is 511 cm³/mol. The van der Waals surface area contributed by atoms with Crippen LogP contribution < -0.4 is 26.0 Å². The van der Waals surface area contributed by atoms with E-state index < -0.39 is 41.5 Å². The first-order valence-electron chi connectivity index (χ1n) is 46.6. The molecular formula is C103H145Cl3N4O14S. The van der Waals surface area contributed by atoms with Gasteiger partial charge in [0.2, 0.25) is 23.6 Å². The maximum Gasteiger partial charge on any atom is 0.338 e. The van der Waals surface area contributed by atoms with Gasteiger partial charge in [0.05, 0.1) is 74.7 Å². The monoisotopic (exact) mass is 1800 g/mol. The predicted octanol–water partition coefficient (Wildman–Crippen LogP) is 27.2. The van der Waals surface area contributed by atoms with Crippen molar-refractivity contribution in [3.8, 4) is 5.75 Å². The molecule has 2 fully saturated rings. The van der Waals surface area contributed by atoms with Gasteiger partial charge >= 0.3 is 11.9 Å². The molecule has 2 aliphatic carbocycles. The molecule has 6 unspecified atom stereocenters. The van der Waals surface area contributed by atoms with E-state index in [0.717, 1.165) is 94.7 Å². The van der Waals surface area contributed by atoms with Gasteiger partial charge < -0.3 is 35.5 Å². The van der Waals surface area contributed by atoms with E-state index in [-0.39, 0.29) is 52.6 Å². The lowest BCUT2D eigenvalue weighted by atomic mass is 9.81. The van der Waals surface area contributed by atoms with Crippen molar-refractivity contribution in [2.45, 2.75) is 313 Å². The number of carbonyl (C=O) groups excluding carboxylic acids is 11. The number of ketones is 5. The first-order valence-corrected chi connectivity index (χ1v) is 48.6. The summed E-state index contributed by atoms with van der Waals surface area (Å²) in [5.41, 5.74) is 4.65. The van der Waals surface area contributed by atoms with Crippen molar-refractivity contribution in [1.29, 1.82) is 0 Å². The molecule has 6 atom stereocenters. The lowest BCUT2D eigenvalue weighted by Crippen LogP contribution is -2.38. The minimum atomic E-state index is -0.823. The number of halogens is 3. The van der Waals surface area contributed by atoms with Gasteiger partial charge in [0.25, 0.3) is 0 Å². The molecule has 0 bridgehead atoms. The third-order valence-corrected chi connectivity index (χ3v) is 24.4. The van der Waals surface area contributed by atoms with E-state index in [1.54, 1.807) is 117 Å². The fourth-order valence-corrected chi connectivity index (χ4v) is 15.9. The molecule has 0 spiro atoms. The summed E-state index contributed by atoms with van der Waals surface area (Å²) in [4.78, 5) is 136. The molecule has 2 aliphatic rings. The minimum absolute atomic E-state index is 0.0298.